The lowest BCUT2D eigenvalue weighted by molar-refractivity contribution is 0.0850. The Bertz CT molecular complexity index is 1920. The predicted molar refractivity (Wildman–Crippen MR) is 165 cm³/mol. The molecule has 0 radical (unpaired) electrons. The molecule has 0 spiro atoms. The molecule has 45 heavy (non-hydrogen) atoms. The fourth-order valence-electron chi connectivity index (χ4n) is 7.51. The second-order valence-electron chi connectivity index (χ2n) is 12.1. The summed E-state index contributed by atoms with van der Waals surface area (Å²) in [5, 5.41) is 10.4. The van der Waals surface area contributed by atoms with Crippen LogP contribution in [0.4, 0.5) is 24.0 Å². The number of nitrogens with two attached hydrogens (primary N) is 1. The molecule has 14 heteroatoms. The van der Waals surface area contributed by atoms with Crippen LogP contribution in [0.2, 0.25) is 5.02 Å². The third-order valence-electron chi connectivity index (χ3n) is 9.57. The highest BCUT2D eigenvalue weighted by molar-refractivity contribution is 7.23. The maximum Gasteiger partial charge on any atom is 0.319 e. The number of halogens is 4. The molecule has 0 saturated carbocycles. The zero-order valence-corrected chi connectivity index (χ0v) is 25.6. The minimum atomic E-state index is -0.937. The largest absolute Gasteiger partial charge is 0.491 e. The molecule has 2 aromatic heterocycles. The fraction of sp³-hybridized carbons (Fsp3) is 0.452. The maximum atomic E-state index is 17.1. The second kappa shape index (κ2) is 10.8. The molecule has 0 bridgehead atoms. The number of hydrogen-bond acceptors (Lipinski definition) is 10. The highest BCUT2D eigenvalue weighted by Gasteiger charge is 2.49. The number of nitriles is 1. The zero-order valence-electron chi connectivity index (χ0n) is 24.0. The summed E-state index contributed by atoms with van der Waals surface area (Å²) in [5.41, 5.74) is 5.66. The Morgan fingerprint density at radius 3 is 2.93 bits per heavy atom. The van der Waals surface area contributed by atoms with Gasteiger partial charge in [-0.15, -0.1) is 11.3 Å². The quantitative estimate of drug-likeness (QED) is 0.290. The Morgan fingerprint density at radius 2 is 2.09 bits per heavy atom. The van der Waals surface area contributed by atoms with E-state index < -0.39 is 23.3 Å². The van der Waals surface area contributed by atoms with Crippen LogP contribution in [0.3, 0.4) is 0 Å². The minimum Gasteiger partial charge on any atom is -0.491 e. The fourth-order valence-corrected chi connectivity index (χ4v) is 8.79. The Morgan fingerprint density at radius 1 is 1.22 bits per heavy atom. The molecule has 0 amide bonds. The number of ether oxygens (including phenoxy) is 3. The topological polar surface area (TPSA) is 110 Å². The van der Waals surface area contributed by atoms with Crippen LogP contribution in [0.1, 0.15) is 31.2 Å². The Balaban J connectivity index is 1.35. The zero-order chi connectivity index (χ0) is 31.0. The third kappa shape index (κ3) is 4.40. The van der Waals surface area contributed by atoms with Gasteiger partial charge in [0.05, 0.1) is 52.1 Å². The average molecular weight is 657 g/mol. The molecule has 3 saturated heterocycles. The van der Waals surface area contributed by atoms with Crippen molar-refractivity contribution in [3.05, 3.63) is 34.4 Å². The van der Waals surface area contributed by atoms with Gasteiger partial charge in [0.2, 0.25) is 0 Å². The highest BCUT2D eigenvalue weighted by atomic mass is 35.5. The summed E-state index contributed by atoms with van der Waals surface area (Å²) in [6.07, 6.45) is 1.73. The molecule has 6 heterocycles. The van der Waals surface area contributed by atoms with Crippen LogP contribution in [0.25, 0.3) is 32.1 Å². The Kier molecular flexibility index (Phi) is 6.90. The number of nitrogens with zero attached hydrogens (tertiary/aromatic N) is 5. The lowest BCUT2D eigenvalue weighted by Gasteiger charge is -2.38. The van der Waals surface area contributed by atoms with Gasteiger partial charge in [-0.05, 0) is 31.0 Å². The number of morpholine rings is 1. The summed E-state index contributed by atoms with van der Waals surface area (Å²) in [6, 6.07) is 4.47. The number of fused-ring (bicyclic) bond motifs is 4. The van der Waals surface area contributed by atoms with Crippen molar-refractivity contribution in [2.45, 2.75) is 43.4 Å². The highest BCUT2D eigenvalue weighted by Crippen LogP contribution is 2.51. The molecular weight excluding hydrogens is 629 g/mol. The van der Waals surface area contributed by atoms with Crippen molar-refractivity contribution >= 4 is 54.7 Å². The van der Waals surface area contributed by atoms with E-state index in [1.54, 1.807) is 0 Å². The van der Waals surface area contributed by atoms with Crippen molar-refractivity contribution < 1.29 is 27.4 Å². The van der Waals surface area contributed by atoms with Gasteiger partial charge in [-0.1, -0.05) is 17.7 Å². The van der Waals surface area contributed by atoms with Crippen LogP contribution in [-0.4, -0.2) is 78.7 Å². The summed E-state index contributed by atoms with van der Waals surface area (Å²) < 4.78 is 64.8. The van der Waals surface area contributed by atoms with Gasteiger partial charge < -0.3 is 24.8 Å². The molecule has 2 N–H and O–H groups in total. The van der Waals surface area contributed by atoms with Crippen molar-refractivity contribution in [3.8, 4) is 29.0 Å². The van der Waals surface area contributed by atoms with Gasteiger partial charge in [0.25, 0.3) is 0 Å². The molecule has 4 aliphatic rings. The number of anilines is 2. The molecule has 1 unspecified atom stereocenters. The van der Waals surface area contributed by atoms with Crippen molar-refractivity contribution in [2.24, 2.45) is 0 Å². The SMILES string of the molecule is N#Cc1c(N)sc2c(F)ccc(-c3c(Cl)c4c5c(nc(OC[C@@]67CCCN6C[C@H](F)C7)nc5c3F)N3CCOCC3CCO4)c12. The van der Waals surface area contributed by atoms with E-state index in [1.165, 1.54) is 12.1 Å². The lowest BCUT2D eigenvalue weighted by atomic mass is 9.95. The molecule has 4 aliphatic heterocycles. The smallest absolute Gasteiger partial charge is 0.319 e. The average Bonchev–Trinajstić information content (AvgIpc) is 3.67. The van der Waals surface area contributed by atoms with Gasteiger partial charge in [0, 0.05) is 36.9 Å². The first-order valence-corrected chi connectivity index (χ1v) is 16.1. The molecule has 8 rings (SSSR count). The van der Waals surface area contributed by atoms with Gasteiger partial charge in [-0.25, -0.2) is 13.2 Å². The van der Waals surface area contributed by atoms with Crippen molar-refractivity contribution in [3.63, 3.8) is 0 Å². The second-order valence-corrected chi connectivity index (χ2v) is 13.5. The molecule has 3 fully saturated rings. The first-order chi connectivity index (χ1) is 21.8. The van der Waals surface area contributed by atoms with E-state index in [-0.39, 0.29) is 78.7 Å². The van der Waals surface area contributed by atoms with E-state index in [4.69, 9.17) is 36.5 Å². The number of alkyl halides is 1. The van der Waals surface area contributed by atoms with E-state index in [9.17, 15) is 14.0 Å². The summed E-state index contributed by atoms with van der Waals surface area (Å²) in [6.45, 7) is 2.97. The number of benzene rings is 2. The van der Waals surface area contributed by atoms with E-state index in [0.717, 1.165) is 30.7 Å². The van der Waals surface area contributed by atoms with Crippen molar-refractivity contribution in [1.29, 1.82) is 5.26 Å². The molecule has 234 valence electrons. The molecule has 2 aromatic carbocycles. The van der Waals surface area contributed by atoms with Gasteiger partial charge >= 0.3 is 6.01 Å². The van der Waals surface area contributed by atoms with Crippen LogP contribution in [-0.2, 0) is 4.74 Å². The molecule has 3 atom stereocenters. The Labute approximate surface area is 265 Å². The number of aromatic nitrogens is 2. The monoisotopic (exact) mass is 656 g/mol. The Hall–Kier alpha value is -3.57. The third-order valence-corrected chi connectivity index (χ3v) is 11.0. The summed E-state index contributed by atoms with van der Waals surface area (Å²) in [4.78, 5) is 13.5. The maximum absolute atomic E-state index is 17.1. The summed E-state index contributed by atoms with van der Waals surface area (Å²) in [5.74, 6) is -0.794. The first kappa shape index (κ1) is 28.9. The van der Waals surface area contributed by atoms with Crippen LogP contribution in [0.15, 0.2) is 12.1 Å². The van der Waals surface area contributed by atoms with Gasteiger partial charge in [0.1, 0.15) is 41.0 Å². The van der Waals surface area contributed by atoms with Gasteiger partial charge in [-0.3, -0.25) is 4.90 Å². The van der Waals surface area contributed by atoms with Gasteiger partial charge in [0.15, 0.2) is 11.6 Å². The van der Waals surface area contributed by atoms with E-state index in [2.05, 4.69) is 14.8 Å². The lowest BCUT2D eigenvalue weighted by Crippen LogP contribution is -2.47. The first-order valence-electron chi connectivity index (χ1n) is 14.9. The summed E-state index contributed by atoms with van der Waals surface area (Å²) in [7, 11) is 0. The van der Waals surface area contributed by atoms with Crippen molar-refractivity contribution in [1.82, 2.24) is 14.9 Å². The molecular formula is C31H28ClF3N6O3S. The van der Waals surface area contributed by atoms with Crippen LogP contribution < -0.4 is 20.1 Å². The number of nitrogen functional groups attached to an aromatic ring is 1. The number of thiophene rings is 1. The van der Waals surface area contributed by atoms with Crippen LogP contribution in [0, 0.1) is 23.0 Å². The van der Waals surface area contributed by atoms with Crippen LogP contribution >= 0.6 is 22.9 Å². The van der Waals surface area contributed by atoms with Crippen LogP contribution in [0.5, 0.6) is 11.8 Å². The van der Waals surface area contributed by atoms with E-state index >= 15 is 4.39 Å². The van der Waals surface area contributed by atoms with E-state index in [1.807, 2.05) is 6.07 Å². The summed E-state index contributed by atoms with van der Waals surface area (Å²) >= 11 is 7.91. The normalized spacial score (nSPS) is 24.6. The van der Waals surface area contributed by atoms with Gasteiger partial charge in [-0.2, -0.15) is 15.2 Å². The van der Waals surface area contributed by atoms with Crippen molar-refractivity contribution in [2.75, 3.05) is 56.7 Å². The minimum absolute atomic E-state index is 0.0373. The number of rotatable bonds is 4. The number of hydrogen-bond donors (Lipinski definition) is 1. The molecule has 0 aliphatic carbocycles. The molecule has 4 aromatic rings. The molecule has 9 nitrogen and oxygen atoms in total. The standard InChI is InChI=1S/C31H28ClF3N6O3S/c32-23-21(17-2-3-19(34)27-20(17)18(11-36)28(37)45-27)24(35)25-22-26(23)43-8-4-16-13-42-9-7-41(16)29(22)39-30(38-25)44-14-31-5-1-6-40(31)12-15(33)10-31/h2-3,15-16H,1,4-10,12-14,37H2/t15-,16?,31+/m1/s1. The predicted octanol–water partition coefficient (Wildman–Crippen LogP) is 5.84. The van der Waals surface area contributed by atoms with E-state index in [0.29, 0.717) is 45.0 Å².